The van der Waals surface area contributed by atoms with E-state index in [-0.39, 0.29) is 17.7 Å². The smallest absolute Gasteiger partial charge is 0.253 e. The van der Waals surface area contributed by atoms with Crippen LogP contribution in [0, 0.1) is 5.92 Å². The lowest BCUT2D eigenvalue weighted by Crippen LogP contribution is -2.30. The molecule has 4 heteroatoms. The molecular formula is C16H22N2O2. The first-order valence-electron chi connectivity index (χ1n) is 7.40. The number of benzene rings is 1. The van der Waals surface area contributed by atoms with Crippen LogP contribution < -0.4 is 10.6 Å². The molecule has 0 saturated heterocycles. The van der Waals surface area contributed by atoms with Gasteiger partial charge in [0, 0.05) is 12.5 Å². The minimum absolute atomic E-state index is 0.0325. The van der Waals surface area contributed by atoms with E-state index in [1.165, 1.54) is 0 Å². The van der Waals surface area contributed by atoms with Gasteiger partial charge in [0.2, 0.25) is 5.91 Å². The van der Waals surface area contributed by atoms with Crippen LogP contribution in [0.5, 0.6) is 0 Å². The number of para-hydroxylation sites is 1. The van der Waals surface area contributed by atoms with Crippen LogP contribution in [0.3, 0.4) is 0 Å². The summed E-state index contributed by atoms with van der Waals surface area (Å²) in [6, 6.07) is 7.18. The van der Waals surface area contributed by atoms with E-state index in [1.54, 1.807) is 12.1 Å². The van der Waals surface area contributed by atoms with E-state index < -0.39 is 0 Å². The van der Waals surface area contributed by atoms with Crippen LogP contribution in [0.15, 0.2) is 24.3 Å². The first kappa shape index (κ1) is 14.6. The number of hydrogen-bond donors (Lipinski definition) is 2. The van der Waals surface area contributed by atoms with E-state index in [0.717, 1.165) is 32.1 Å². The van der Waals surface area contributed by atoms with Crippen LogP contribution in [0.4, 0.5) is 5.69 Å². The van der Waals surface area contributed by atoms with Gasteiger partial charge >= 0.3 is 0 Å². The number of carbonyl (C=O) groups is 2. The van der Waals surface area contributed by atoms with Gasteiger partial charge in [-0.3, -0.25) is 9.59 Å². The van der Waals surface area contributed by atoms with E-state index in [0.29, 0.717) is 17.8 Å². The third kappa shape index (κ3) is 3.59. The zero-order chi connectivity index (χ0) is 14.4. The number of nitrogens with one attached hydrogen (secondary N) is 2. The standard InChI is InChI=1S/C16H22N2O2/c1-2-3-11-17-16(20)13-9-4-5-10-14(13)18-15(19)12-7-6-8-12/h4-5,9-10,12H,2-3,6-8,11H2,1H3,(H,17,20)(H,18,19). The van der Waals surface area contributed by atoms with E-state index >= 15 is 0 Å². The maximum atomic E-state index is 12.1. The first-order chi connectivity index (χ1) is 9.72. The fourth-order valence-corrected chi connectivity index (χ4v) is 2.17. The Bertz CT molecular complexity index is 481. The number of carbonyl (C=O) groups excluding carboxylic acids is 2. The predicted molar refractivity (Wildman–Crippen MR) is 79.7 cm³/mol. The van der Waals surface area contributed by atoms with Crippen molar-refractivity contribution in [3.63, 3.8) is 0 Å². The number of rotatable bonds is 6. The SMILES string of the molecule is CCCCNC(=O)c1ccccc1NC(=O)C1CCC1. The summed E-state index contributed by atoms with van der Waals surface area (Å²) in [7, 11) is 0. The first-order valence-corrected chi connectivity index (χ1v) is 7.40. The van der Waals surface area contributed by atoms with Crippen molar-refractivity contribution in [1.82, 2.24) is 5.32 Å². The van der Waals surface area contributed by atoms with Crippen LogP contribution in [0.25, 0.3) is 0 Å². The molecule has 20 heavy (non-hydrogen) atoms. The van der Waals surface area contributed by atoms with E-state index in [1.807, 2.05) is 12.1 Å². The quantitative estimate of drug-likeness (QED) is 0.784. The molecule has 1 fully saturated rings. The van der Waals surface area contributed by atoms with Crippen molar-refractivity contribution in [2.75, 3.05) is 11.9 Å². The second kappa shape index (κ2) is 7.08. The highest BCUT2D eigenvalue weighted by molar-refractivity contribution is 6.04. The van der Waals surface area contributed by atoms with Gasteiger partial charge in [0.15, 0.2) is 0 Å². The van der Waals surface area contributed by atoms with Gasteiger partial charge in [-0.1, -0.05) is 31.9 Å². The van der Waals surface area contributed by atoms with Gasteiger partial charge in [0.25, 0.3) is 5.91 Å². The minimum Gasteiger partial charge on any atom is -0.352 e. The highest BCUT2D eigenvalue weighted by Crippen LogP contribution is 2.28. The lowest BCUT2D eigenvalue weighted by atomic mass is 9.85. The largest absolute Gasteiger partial charge is 0.352 e. The summed E-state index contributed by atoms with van der Waals surface area (Å²) in [5.41, 5.74) is 1.15. The number of anilines is 1. The molecule has 1 aliphatic rings. The van der Waals surface area contributed by atoms with Gasteiger partial charge in [-0.25, -0.2) is 0 Å². The molecule has 1 aromatic carbocycles. The zero-order valence-corrected chi connectivity index (χ0v) is 11.9. The molecule has 1 aliphatic carbocycles. The van der Waals surface area contributed by atoms with Crippen LogP contribution in [0.2, 0.25) is 0 Å². The van der Waals surface area contributed by atoms with Crippen LogP contribution in [0.1, 0.15) is 49.4 Å². The lowest BCUT2D eigenvalue weighted by molar-refractivity contribution is -0.122. The molecule has 2 N–H and O–H groups in total. The van der Waals surface area contributed by atoms with Crippen molar-refractivity contribution in [3.05, 3.63) is 29.8 Å². The molecular weight excluding hydrogens is 252 g/mol. The van der Waals surface area contributed by atoms with Crippen molar-refractivity contribution in [1.29, 1.82) is 0 Å². The number of amides is 2. The van der Waals surface area contributed by atoms with Gasteiger partial charge in [0.05, 0.1) is 11.3 Å². The van der Waals surface area contributed by atoms with Crippen molar-refractivity contribution >= 4 is 17.5 Å². The Balaban J connectivity index is 2.01. The Morgan fingerprint density at radius 2 is 2.00 bits per heavy atom. The molecule has 0 radical (unpaired) electrons. The summed E-state index contributed by atoms with van der Waals surface area (Å²) >= 11 is 0. The molecule has 0 spiro atoms. The fourth-order valence-electron chi connectivity index (χ4n) is 2.17. The highest BCUT2D eigenvalue weighted by atomic mass is 16.2. The molecule has 0 heterocycles. The van der Waals surface area contributed by atoms with Crippen LogP contribution >= 0.6 is 0 Å². The maximum Gasteiger partial charge on any atom is 0.253 e. The van der Waals surface area contributed by atoms with E-state index in [4.69, 9.17) is 0 Å². The normalized spacial score (nSPS) is 14.4. The van der Waals surface area contributed by atoms with Gasteiger partial charge in [0.1, 0.15) is 0 Å². The summed E-state index contributed by atoms with van der Waals surface area (Å²) in [5, 5.41) is 5.76. The third-order valence-electron chi connectivity index (χ3n) is 3.72. The van der Waals surface area contributed by atoms with Gasteiger partial charge < -0.3 is 10.6 Å². The average molecular weight is 274 g/mol. The molecule has 0 bridgehead atoms. The van der Waals surface area contributed by atoms with Crippen LogP contribution in [-0.4, -0.2) is 18.4 Å². The monoisotopic (exact) mass is 274 g/mol. The summed E-state index contributed by atoms with van der Waals surface area (Å²) in [5.74, 6) is 0.0271. The third-order valence-corrected chi connectivity index (χ3v) is 3.72. The molecule has 0 atom stereocenters. The molecule has 0 aliphatic heterocycles. The summed E-state index contributed by atoms with van der Waals surface area (Å²) in [6.45, 7) is 2.75. The van der Waals surface area contributed by atoms with Gasteiger partial charge in [-0.2, -0.15) is 0 Å². The van der Waals surface area contributed by atoms with E-state index in [2.05, 4.69) is 17.6 Å². The Hall–Kier alpha value is -1.84. The van der Waals surface area contributed by atoms with Gasteiger partial charge in [-0.15, -0.1) is 0 Å². The van der Waals surface area contributed by atoms with Crippen molar-refractivity contribution in [2.24, 2.45) is 5.92 Å². The Morgan fingerprint density at radius 3 is 2.65 bits per heavy atom. The Kier molecular flexibility index (Phi) is 5.16. The molecule has 2 rings (SSSR count). The van der Waals surface area contributed by atoms with Crippen molar-refractivity contribution in [2.45, 2.75) is 39.0 Å². The molecule has 1 aromatic rings. The maximum absolute atomic E-state index is 12.1. The van der Waals surface area contributed by atoms with Crippen molar-refractivity contribution < 1.29 is 9.59 Å². The zero-order valence-electron chi connectivity index (χ0n) is 11.9. The second-order valence-corrected chi connectivity index (χ2v) is 5.27. The van der Waals surface area contributed by atoms with E-state index in [9.17, 15) is 9.59 Å². The predicted octanol–water partition coefficient (Wildman–Crippen LogP) is 2.96. The molecule has 2 amide bonds. The lowest BCUT2D eigenvalue weighted by Gasteiger charge is -2.24. The van der Waals surface area contributed by atoms with Crippen molar-refractivity contribution in [3.8, 4) is 0 Å². The second-order valence-electron chi connectivity index (χ2n) is 5.27. The summed E-state index contributed by atoms with van der Waals surface area (Å²) < 4.78 is 0. The number of hydrogen-bond acceptors (Lipinski definition) is 2. The number of unbranched alkanes of at least 4 members (excludes halogenated alkanes) is 1. The fraction of sp³-hybridized carbons (Fsp3) is 0.500. The summed E-state index contributed by atoms with van der Waals surface area (Å²) in [6.07, 6.45) is 5.04. The van der Waals surface area contributed by atoms with Crippen LogP contribution in [-0.2, 0) is 4.79 Å². The minimum atomic E-state index is -0.122. The molecule has 0 unspecified atom stereocenters. The molecule has 1 saturated carbocycles. The topological polar surface area (TPSA) is 58.2 Å². The molecule has 108 valence electrons. The summed E-state index contributed by atoms with van der Waals surface area (Å²) in [4.78, 5) is 24.1. The Labute approximate surface area is 119 Å². The van der Waals surface area contributed by atoms with Gasteiger partial charge in [-0.05, 0) is 31.4 Å². The average Bonchev–Trinajstić information content (AvgIpc) is 2.37. The Morgan fingerprint density at radius 1 is 1.25 bits per heavy atom. The highest BCUT2D eigenvalue weighted by Gasteiger charge is 2.26. The molecule has 0 aromatic heterocycles. The molecule has 4 nitrogen and oxygen atoms in total.